The monoisotopic (exact) mass is 764 g/mol. The number of carboxylic acids is 1. The molecule has 2 aromatic carbocycles. The van der Waals surface area contributed by atoms with Gasteiger partial charge in [0.15, 0.2) is 0 Å². The van der Waals surface area contributed by atoms with Gasteiger partial charge in [0.25, 0.3) is 0 Å². The normalized spacial score (nSPS) is 34.1. The second-order valence-electron chi connectivity index (χ2n) is 18.5. The predicted octanol–water partition coefficient (Wildman–Crippen LogP) is 7.90. The van der Waals surface area contributed by atoms with Gasteiger partial charge in [0, 0.05) is 23.9 Å². The molecule has 11 atom stereocenters. The van der Waals surface area contributed by atoms with Crippen molar-refractivity contribution in [1.82, 2.24) is 4.98 Å². The molecule has 0 bridgehead atoms. The number of nitrogens with zero attached hydrogens (tertiary/aromatic N) is 1. The number of ether oxygens (including phenoxy) is 1. The van der Waals surface area contributed by atoms with Crippen LogP contribution in [0.5, 0.6) is 0 Å². The molecule has 1 heterocycles. The molecule has 56 heavy (non-hydrogen) atoms. The molecule has 0 aliphatic heterocycles. The van der Waals surface area contributed by atoms with Gasteiger partial charge in [0.05, 0.1) is 35.2 Å². The number of hydrogen-bond acceptors (Lipinski definition) is 8. The molecule has 11 unspecified atom stereocenters. The number of aliphatic carboxylic acids is 1. The summed E-state index contributed by atoms with van der Waals surface area (Å²) >= 11 is 0. The molecule has 300 valence electrons. The maximum Gasteiger partial charge on any atom is 0.342 e. The van der Waals surface area contributed by atoms with Crippen LogP contribution in [0.1, 0.15) is 120 Å². The number of aliphatic hydroxyl groups is 3. The number of rotatable bonds is 9. The average molecular weight is 765 g/mol. The Morgan fingerprint density at radius 3 is 2.45 bits per heavy atom. The molecule has 7 rings (SSSR count). The first-order valence-electron chi connectivity index (χ1n) is 20.8. The third-order valence-corrected chi connectivity index (χ3v) is 14.9. The summed E-state index contributed by atoms with van der Waals surface area (Å²) in [5.41, 5.74) is 2.70. The smallest absolute Gasteiger partial charge is 0.342 e. The molecular weight excluding hydrogens is 705 g/mol. The van der Waals surface area contributed by atoms with Gasteiger partial charge in [-0.3, -0.25) is 9.78 Å². The summed E-state index contributed by atoms with van der Waals surface area (Å²) in [5.74, 6) is 6.25. The summed E-state index contributed by atoms with van der Waals surface area (Å²) in [7, 11) is 0. The molecule has 1 aromatic heterocycles. The number of carbonyl (C=O) groups is 2. The molecule has 0 radical (unpaired) electrons. The van der Waals surface area contributed by atoms with Gasteiger partial charge in [0.2, 0.25) is 0 Å². The number of hydrogen-bond donors (Lipinski definition) is 5. The van der Waals surface area contributed by atoms with E-state index in [1.165, 1.54) is 0 Å². The molecule has 4 aliphatic rings. The van der Waals surface area contributed by atoms with E-state index in [0.29, 0.717) is 55.6 Å². The lowest BCUT2D eigenvalue weighted by Gasteiger charge is -2.64. The van der Waals surface area contributed by atoms with E-state index in [0.717, 1.165) is 41.3 Å². The predicted molar refractivity (Wildman–Crippen MR) is 217 cm³/mol. The number of carbonyl (C=O) groups excluding carboxylic acids is 1. The molecular formula is C47H60N2O7. The Labute approximate surface area is 331 Å². The molecule has 5 N–H and O–H groups in total. The lowest BCUT2D eigenvalue weighted by molar-refractivity contribution is -0.211. The first-order chi connectivity index (χ1) is 26.5. The fourth-order valence-electron chi connectivity index (χ4n) is 11.9. The Morgan fingerprint density at radius 2 is 1.73 bits per heavy atom. The molecule has 3 aromatic rings. The number of para-hydroxylation sites is 1. The number of anilines is 1. The zero-order valence-corrected chi connectivity index (χ0v) is 33.8. The minimum Gasteiger partial charge on any atom is -0.481 e. The Bertz CT molecular complexity index is 2020. The summed E-state index contributed by atoms with van der Waals surface area (Å²) in [6, 6.07) is 15.7. The van der Waals surface area contributed by atoms with Crippen molar-refractivity contribution in [3.05, 3.63) is 70.9 Å². The highest BCUT2D eigenvalue weighted by atomic mass is 16.5. The van der Waals surface area contributed by atoms with Crippen LogP contribution in [-0.2, 0) is 16.1 Å². The van der Waals surface area contributed by atoms with Crippen LogP contribution < -0.4 is 5.32 Å². The van der Waals surface area contributed by atoms with E-state index in [2.05, 4.69) is 42.9 Å². The molecule has 4 fully saturated rings. The van der Waals surface area contributed by atoms with Crippen LogP contribution >= 0.6 is 0 Å². The van der Waals surface area contributed by atoms with Crippen LogP contribution in [0, 0.1) is 65.1 Å². The van der Waals surface area contributed by atoms with Crippen molar-refractivity contribution < 1.29 is 34.8 Å². The van der Waals surface area contributed by atoms with Crippen molar-refractivity contribution in [2.45, 2.75) is 130 Å². The second kappa shape index (κ2) is 15.4. The number of aliphatic hydroxyl groups excluding tert-OH is 2. The van der Waals surface area contributed by atoms with E-state index in [9.17, 15) is 30.0 Å². The fraction of sp³-hybridized carbons (Fsp3) is 0.596. The van der Waals surface area contributed by atoms with E-state index in [4.69, 9.17) is 4.74 Å². The standard InChI is InChI=1S/C47H60N2O7/c1-27(2)56-44(54)41-29(4)49-37-10-8-7-9-33(37)43(41)48-26-31-14-12-30(13-15-31)19-20-47(55)22-21-45(5)32(25-47)23-38(50)42-35-17-16-34(28(3)11-18-40(52)53)46(35,6)39(51)24-36(42)45/h7-10,12-15,27-28,32,34-36,38-39,42,50-51,55H,11,16-18,21-26H2,1-6H3,(H,48,49)(H,52,53). The van der Waals surface area contributed by atoms with Gasteiger partial charge in [-0.15, -0.1) is 0 Å². The lowest BCUT2D eigenvalue weighted by atomic mass is 9.42. The second-order valence-corrected chi connectivity index (χ2v) is 18.5. The minimum atomic E-state index is -1.17. The van der Waals surface area contributed by atoms with E-state index in [-0.39, 0.29) is 58.9 Å². The summed E-state index contributed by atoms with van der Waals surface area (Å²) < 4.78 is 5.58. The van der Waals surface area contributed by atoms with Crippen LogP contribution in [0.2, 0.25) is 0 Å². The van der Waals surface area contributed by atoms with Crippen LogP contribution in [0.3, 0.4) is 0 Å². The first kappa shape index (κ1) is 40.2. The molecule has 0 saturated heterocycles. The third kappa shape index (κ3) is 7.34. The minimum absolute atomic E-state index is 0.0825. The summed E-state index contributed by atoms with van der Waals surface area (Å²) in [6.45, 7) is 12.6. The lowest BCUT2D eigenvalue weighted by Crippen LogP contribution is -2.63. The highest BCUT2D eigenvalue weighted by molar-refractivity contribution is 6.06. The molecule has 9 heteroatoms. The first-order valence-corrected chi connectivity index (χ1v) is 20.8. The number of benzene rings is 2. The topological polar surface area (TPSA) is 149 Å². The SMILES string of the molecule is Cc1nc2ccccc2c(NCc2ccc(C#CC3(O)CCC4(C)C(CC(O)C5C4CC(O)C4(C)C(C(C)CCC(=O)O)CCC54)C3)cc2)c1C(=O)OC(C)C. The van der Waals surface area contributed by atoms with Crippen molar-refractivity contribution in [2.75, 3.05) is 5.32 Å². The Kier molecular flexibility index (Phi) is 11.1. The summed E-state index contributed by atoms with van der Waals surface area (Å²) in [6.07, 6.45) is 4.45. The third-order valence-electron chi connectivity index (χ3n) is 14.9. The number of esters is 1. The number of carboxylic acid groups (broad SMARTS) is 1. The van der Waals surface area contributed by atoms with Crippen molar-refractivity contribution >= 4 is 28.5 Å². The number of nitrogens with one attached hydrogen (secondary N) is 1. The van der Waals surface area contributed by atoms with Gasteiger partial charge in [-0.25, -0.2) is 4.79 Å². The Morgan fingerprint density at radius 1 is 1.00 bits per heavy atom. The fourth-order valence-corrected chi connectivity index (χ4v) is 11.9. The van der Waals surface area contributed by atoms with Crippen molar-refractivity contribution in [2.24, 2.45) is 46.3 Å². The largest absolute Gasteiger partial charge is 0.481 e. The van der Waals surface area contributed by atoms with Crippen LogP contribution in [0.15, 0.2) is 48.5 Å². The Hall–Kier alpha value is -3.97. The van der Waals surface area contributed by atoms with Crippen molar-refractivity contribution in [3.63, 3.8) is 0 Å². The number of aryl methyl sites for hydroxylation is 1. The van der Waals surface area contributed by atoms with Crippen LogP contribution in [0.25, 0.3) is 10.9 Å². The quantitative estimate of drug-likeness (QED) is 0.108. The zero-order chi connectivity index (χ0) is 40.2. The van der Waals surface area contributed by atoms with E-state index in [1.807, 2.05) is 69.3 Å². The van der Waals surface area contributed by atoms with E-state index >= 15 is 0 Å². The van der Waals surface area contributed by atoms with Gasteiger partial charge < -0.3 is 30.5 Å². The number of aromatic nitrogens is 1. The highest BCUT2D eigenvalue weighted by Crippen LogP contribution is 2.69. The number of fused-ring (bicyclic) bond motifs is 6. The van der Waals surface area contributed by atoms with Gasteiger partial charge >= 0.3 is 11.9 Å². The van der Waals surface area contributed by atoms with Gasteiger partial charge in [-0.2, -0.15) is 0 Å². The molecule has 9 nitrogen and oxygen atoms in total. The van der Waals surface area contributed by atoms with Crippen molar-refractivity contribution in [1.29, 1.82) is 0 Å². The number of pyridine rings is 1. The van der Waals surface area contributed by atoms with Crippen LogP contribution in [-0.4, -0.2) is 61.3 Å². The van der Waals surface area contributed by atoms with E-state index < -0.39 is 29.7 Å². The van der Waals surface area contributed by atoms with E-state index in [1.54, 1.807) is 0 Å². The maximum atomic E-state index is 13.2. The molecule has 0 amide bonds. The average Bonchev–Trinajstić information content (AvgIpc) is 3.51. The van der Waals surface area contributed by atoms with Gasteiger partial charge in [0.1, 0.15) is 11.2 Å². The molecule has 0 spiro atoms. The van der Waals surface area contributed by atoms with Gasteiger partial charge in [-0.1, -0.05) is 62.9 Å². The van der Waals surface area contributed by atoms with Crippen LogP contribution in [0.4, 0.5) is 5.69 Å². The summed E-state index contributed by atoms with van der Waals surface area (Å²) in [5, 5.41) is 49.3. The highest BCUT2D eigenvalue weighted by Gasteiger charge is 2.66. The van der Waals surface area contributed by atoms with Gasteiger partial charge in [-0.05, 0) is 142 Å². The summed E-state index contributed by atoms with van der Waals surface area (Å²) in [4.78, 5) is 29.2. The van der Waals surface area contributed by atoms with Crippen molar-refractivity contribution in [3.8, 4) is 11.8 Å². The molecule has 4 saturated carbocycles. The maximum absolute atomic E-state index is 13.2. The molecule has 4 aliphatic carbocycles. The Balaban J connectivity index is 1.03. The zero-order valence-electron chi connectivity index (χ0n) is 33.8.